The van der Waals surface area contributed by atoms with Crippen LogP contribution in [0.2, 0.25) is 5.02 Å². The van der Waals surface area contributed by atoms with E-state index in [0.717, 1.165) is 0 Å². The maximum absolute atomic E-state index is 12.6. The first kappa shape index (κ1) is 21.4. The molecule has 6 nitrogen and oxygen atoms in total. The Labute approximate surface area is 158 Å². The molecular weight excluding hydrogens is 369 g/mol. The summed E-state index contributed by atoms with van der Waals surface area (Å²) in [5.41, 5.74) is 0.361. The van der Waals surface area contributed by atoms with Crippen molar-refractivity contribution in [2.45, 2.75) is 20.3 Å². The third-order valence-electron chi connectivity index (χ3n) is 3.86. The van der Waals surface area contributed by atoms with Crippen molar-refractivity contribution in [3.8, 4) is 11.5 Å². The first-order valence-electron chi connectivity index (χ1n) is 7.85. The quantitative estimate of drug-likeness (QED) is 0.804. The molecular formula is C17H23Cl2NO5. The highest BCUT2D eigenvalue weighted by atomic mass is 35.5. The molecule has 0 aromatic heterocycles. The van der Waals surface area contributed by atoms with E-state index < -0.39 is 11.9 Å². The second-order valence-electron chi connectivity index (χ2n) is 6.27. The normalized spacial score (nSPS) is 16.5. The molecule has 2 rings (SSSR count). The third kappa shape index (κ3) is 5.16. The maximum Gasteiger partial charge on any atom is 0.308 e. The lowest BCUT2D eigenvalue weighted by molar-refractivity contribution is -0.141. The van der Waals surface area contributed by atoms with Crippen molar-refractivity contribution in [2.75, 3.05) is 26.8 Å². The van der Waals surface area contributed by atoms with Crippen molar-refractivity contribution in [1.29, 1.82) is 0 Å². The zero-order chi connectivity index (χ0) is 17.9. The molecule has 1 aliphatic rings. The number of carbonyl (C=O) groups excluding carboxylic acids is 1. The molecule has 1 fully saturated rings. The van der Waals surface area contributed by atoms with Crippen molar-refractivity contribution in [3.63, 3.8) is 0 Å². The molecule has 0 saturated carbocycles. The van der Waals surface area contributed by atoms with Gasteiger partial charge in [-0.1, -0.05) is 25.4 Å². The van der Waals surface area contributed by atoms with Crippen LogP contribution < -0.4 is 9.47 Å². The number of rotatable bonds is 6. The van der Waals surface area contributed by atoms with Gasteiger partial charge >= 0.3 is 5.97 Å². The van der Waals surface area contributed by atoms with Gasteiger partial charge in [-0.05, 0) is 24.5 Å². The Kier molecular flexibility index (Phi) is 7.83. The van der Waals surface area contributed by atoms with Gasteiger partial charge in [0.2, 0.25) is 0 Å². The number of likely N-dealkylation sites (tertiary alicyclic amines) is 1. The van der Waals surface area contributed by atoms with Gasteiger partial charge in [-0.25, -0.2) is 0 Å². The summed E-state index contributed by atoms with van der Waals surface area (Å²) in [6, 6.07) is 3.12. The zero-order valence-corrected chi connectivity index (χ0v) is 16.0. The van der Waals surface area contributed by atoms with E-state index in [1.165, 1.54) is 18.1 Å². The number of methoxy groups -OCH3 is 1. The van der Waals surface area contributed by atoms with Crippen LogP contribution in [-0.2, 0) is 4.79 Å². The Balaban J connectivity index is 0.00000312. The van der Waals surface area contributed by atoms with Crippen LogP contribution in [-0.4, -0.2) is 48.7 Å². The van der Waals surface area contributed by atoms with E-state index in [0.29, 0.717) is 47.6 Å². The molecule has 0 spiro atoms. The van der Waals surface area contributed by atoms with Gasteiger partial charge in [0.05, 0.1) is 24.7 Å². The summed E-state index contributed by atoms with van der Waals surface area (Å²) < 4.78 is 11.0. The predicted octanol–water partition coefficient (Wildman–Crippen LogP) is 3.35. The summed E-state index contributed by atoms with van der Waals surface area (Å²) in [6.07, 6.45) is 0.460. The molecule has 8 heteroatoms. The van der Waals surface area contributed by atoms with Crippen LogP contribution in [0.5, 0.6) is 11.5 Å². The van der Waals surface area contributed by atoms with Crippen LogP contribution in [0.1, 0.15) is 30.6 Å². The number of ether oxygens (including phenoxy) is 2. The van der Waals surface area contributed by atoms with Crippen LogP contribution in [0.3, 0.4) is 0 Å². The van der Waals surface area contributed by atoms with E-state index in [-0.39, 0.29) is 24.9 Å². The first-order valence-corrected chi connectivity index (χ1v) is 8.23. The van der Waals surface area contributed by atoms with Crippen molar-refractivity contribution in [1.82, 2.24) is 4.90 Å². The smallest absolute Gasteiger partial charge is 0.308 e. The molecule has 0 aliphatic carbocycles. The van der Waals surface area contributed by atoms with E-state index in [9.17, 15) is 9.59 Å². The lowest BCUT2D eigenvalue weighted by Crippen LogP contribution is -2.30. The van der Waals surface area contributed by atoms with Gasteiger partial charge in [-0.15, -0.1) is 12.4 Å². The fourth-order valence-electron chi connectivity index (χ4n) is 2.56. The number of amides is 1. The molecule has 1 saturated heterocycles. The molecule has 0 bridgehead atoms. The third-order valence-corrected chi connectivity index (χ3v) is 4.14. The number of carbonyl (C=O) groups is 2. The lowest BCUT2D eigenvalue weighted by Gasteiger charge is -2.19. The molecule has 1 heterocycles. The van der Waals surface area contributed by atoms with E-state index in [1.54, 1.807) is 6.07 Å². The van der Waals surface area contributed by atoms with Gasteiger partial charge in [0.25, 0.3) is 5.91 Å². The van der Waals surface area contributed by atoms with Gasteiger partial charge in [-0.3, -0.25) is 9.59 Å². The highest BCUT2D eigenvalue weighted by Crippen LogP contribution is 2.37. The zero-order valence-electron chi connectivity index (χ0n) is 14.5. The van der Waals surface area contributed by atoms with E-state index in [1.807, 2.05) is 13.8 Å². The minimum absolute atomic E-state index is 0. The fourth-order valence-corrected chi connectivity index (χ4v) is 2.83. The van der Waals surface area contributed by atoms with Crippen molar-refractivity contribution >= 4 is 35.9 Å². The number of carboxylic acid groups (broad SMARTS) is 1. The van der Waals surface area contributed by atoms with Crippen LogP contribution in [0.25, 0.3) is 0 Å². The summed E-state index contributed by atoms with van der Waals surface area (Å²) in [5, 5.41) is 9.35. The largest absolute Gasteiger partial charge is 0.493 e. The number of nitrogens with zero attached hydrogens (tertiary/aromatic N) is 1. The van der Waals surface area contributed by atoms with Gasteiger partial charge in [0, 0.05) is 18.7 Å². The Hall–Kier alpha value is -1.66. The average Bonchev–Trinajstić information content (AvgIpc) is 3.02. The van der Waals surface area contributed by atoms with Gasteiger partial charge in [0.15, 0.2) is 11.5 Å². The summed E-state index contributed by atoms with van der Waals surface area (Å²) >= 11 is 6.26. The minimum Gasteiger partial charge on any atom is -0.493 e. The fraction of sp³-hybridized carbons (Fsp3) is 0.529. The summed E-state index contributed by atoms with van der Waals surface area (Å²) in [7, 11) is 1.48. The average molecular weight is 392 g/mol. The monoisotopic (exact) mass is 391 g/mol. The van der Waals surface area contributed by atoms with Crippen LogP contribution in [0, 0.1) is 11.8 Å². The molecule has 0 radical (unpaired) electrons. The number of benzene rings is 1. The van der Waals surface area contributed by atoms with Crippen molar-refractivity contribution in [2.24, 2.45) is 11.8 Å². The highest BCUT2D eigenvalue weighted by molar-refractivity contribution is 6.32. The molecule has 1 aliphatic heterocycles. The Bertz CT molecular complexity index is 636. The SMILES string of the molecule is COc1cc(C(=O)N2CCC(C(=O)O)C2)cc(Cl)c1OCC(C)C.Cl. The van der Waals surface area contributed by atoms with Crippen LogP contribution in [0.15, 0.2) is 12.1 Å². The number of hydrogen-bond donors (Lipinski definition) is 1. The molecule has 25 heavy (non-hydrogen) atoms. The van der Waals surface area contributed by atoms with E-state index in [4.69, 9.17) is 26.2 Å². The molecule has 1 aromatic carbocycles. The number of hydrogen-bond acceptors (Lipinski definition) is 4. The number of halogens is 2. The Morgan fingerprint density at radius 3 is 2.60 bits per heavy atom. The first-order chi connectivity index (χ1) is 11.3. The van der Waals surface area contributed by atoms with Crippen molar-refractivity contribution < 1.29 is 24.2 Å². The topological polar surface area (TPSA) is 76.1 Å². The summed E-state index contributed by atoms with van der Waals surface area (Å²) in [4.78, 5) is 25.2. The Morgan fingerprint density at radius 2 is 2.08 bits per heavy atom. The molecule has 140 valence electrons. The number of carboxylic acids is 1. The van der Waals surface area contributed by atoms with E-state index in [2.05, 4.69) is 0 Å². The molecule has 1 amide bonds. The van der Waals surface area contributed by atoms with Gasteiger partial charge in [-0.2, -0.15) is 0 Å². The standard InChI is InChI=1S/C17H22ClNO5.ClH/c1-10(2)9-24-15-13(18)6-12(7-14(15)23-3)16(20)19-5-4-11(8-19)17(21)22;/h6-7,10-11H,4-5,8-9H2,1-3H3,(H,21,22);1H. The van der Waals surface area contributed by atoms with Crippen LogP contribution in [0.4, 0.5) is 0 Å². The molecule has 1 atom stereocenters. The van der Waals surface area contributed by atoms with Crippen LogP contribution >= 0.6 is 24.0 Å². The summed E-state index contributed by atoms with van der Waals surface area (Å²) in [5.74, 6) is -0.521. The van der Waals surface area contributed by atoms with Crippen molar-refractivity contribution in [3.05, 3.63) is 22.7 Å². The van der Waals surface area contributed by atoms with Gasteiger partial charge < -0.3 is 19.5 Å². The molecule has 1 unspecified atom stereocenters. The summed E-state index contributed by atoms with van der Waals surface area (Å²) in [6.45, 7) is 5.14. The minimum atomic E-state index is -0.877. The second-order valence-corrected chi connectivity index (χ2v) is 6.68. The maximum atomic E-state index is 12.6. The highest BCUT2D eigenvalue weighted by Gasteiger charge is 2.32. The Morgan fingerprint density at radius 1 is 1.40 bits per heavy atom. The van der Waals surface area contributed by atoms with E-state index >= 15 is 0 Å². The number of aliphatic carboxylic acids is 1. The van der Waals surface area contributed by atoms with Gasteiger partial charge in [0.1, 0.15) is 0 Å². The lowest BCUT2D eigenvalue weighted by atomic mass is 10.1. The predicted molar refractivity (Wildman–Crippen MR) is 97.2 cm³/mol. The molecule has 1 aromatic rings. The second kappa shape index (κ2) is 9.15. The molecule has 1 N–H and O–H groups in total.